The quantitative estimate of drug-likeness (QED) is 0.831. The number of nitrogens with zero attached hydrogens (tertiary/aromatic N) is 1. The van der Waals surface area contributed by atoms with Gasteiger partial charge in [0.25, 0.3) is 5.91 Å². The Bertz CT molecular complexity index is 511. The highest BCUT2D eigenvalue weighted by Crippen LogP contribution is 2.17. The smallest absolute Gasteiger partial charge is 0.260 e. The summed E-state index contributed by atoms with van der Waals surface area (Å²) in [4.78, 5) is 24.3. The molecule has 2 amide bonds. The molecule has 1 aliphatic rings. The van der Waals surface area contributed by atoms with Crippen molar-refractivity contribution in [2.45, 2.75) is 6.42 Å². The Morgan fingerprint density at radius 2 is 1.84 bits per heavy atom. The molecule has 1 heterocycles. The van der Waals surface area contributed by atoms with Gasteiger partial charge < -0.3 is 10.2 Å². The molecule has 0 bridgehead atoms. The number of carbonyl (C=O) groups excluding carboxylic acids is 2. The third-order valence-electron chi connectivity index (χ3n) is 2.77. The second-order valence-corrected chi connectivity index (χ2v) is 4.17. The topological polar surface area (TPSA) is 49.4 Å². The molecular formula is C12H11F3N2O2. The molecular weight excluding hydrogens is 261 g/mol. The molecule has 19 heavy (non-hydrogen) atoms. The summed E-state index contributed by atoms with van der Waals surface area (Å²) in [5.41, 5.74) is -0.837. The van der Waals surface area contributed by atoms with Gasteiger partial charge in [0.15, 0.2) is 0 Å². The summed E-state index contributed by atoms with van der Waals surface area (Å²) >= 11 is 0. The number of hydrogen-bond donors (Lipinski definition) is 1. The summed E-state index contributed by atoms with van der Waals surface area (Å²) in [5.74, 6) is -4.99. The third-order valence-corrected chi connectivity index (χ3v) is 2.77. The van der Waals surface area contributed by atoms with Gasteiger partial charge in [-0.2, -0.15) is 0 Å². The van der Waals surface area contributed by atoms with Gasteiger partial charge in [-0.25, -0.2) is 13.2 Å². The Morgan fingerprint density at radius 3 is 2.47 bits per heavy atom. The van der Waals surface area contributed by atoms with Crippen LogP contribution in [-0.2, 0) is 4.79 Å². The summed E-state index contributed by atoms with van der Waals surface area (Å²) in [5, 5.41) is 2.54. The summed E-state index contributed by atoms with van der Waals surface area (Å²) in [6, 6.07) is 0.877. The summed E-state index contributed by atoms with van der Waals surface area (Å²) in [6.45, 7) is 0.333. The van der Waals surface area contributed by atoms with E-state index in [2.05, 4.69) is 5.32 Å². The predicted molar refractivity (Wildman–Crippen MR) is 59.8 cm³/mol. The Hall–Kier alpha value is -2.05. The van der Waals surface area contributed by atoms with E-state index in [-0.39, 0.29) is 13.1 Å². The van der Waals surface area contributed by atoms with Gasteiger partial charge in [-0.3, -0.25) is 9.59 Å². The minimum absolute atomic E-state index is 0.202. The molecule has 4 nitrogen and oxygen atoms in total. The molecule has 1 fully saturated rings. The second-order valence-electron chi connectivity index (χ2n) is 4.17. The minimum Gasteiger partial charge on any atom is -0.354 e. The molecule has 1 N–H and O–H groups in total. The lowest BCUT2D eigenvalue weighted by Crippen LogP contribution is -2.38. The van der Waals surface area contributed by atoms with Crippen LogP contribution >= 0.6 is 0 Å². The molecule has 2 rings (SSSR count). The van der Waals surface area contributed by atoms with Crippen LogP contribution in [0.1, 0.15) is 16.8 Å². The van der Waals surface area contributed by atoms with E-state index < -0.39 is 34.8 Å². The lowest BCUT2D eigenvalue weighted by Gasteiger charge is -2.19. The molecule has 0 spiro atoms. The molecule has 7 heteroatoms. The number of amides is 2. The Morgan fingerprint density at radius 1 is 1.21 bits per heavy atom. The summed E-state index contributed by atoms with van der Waals surface area (Å²) in [6.07, 6.45) is 0.488. The minimum atomic E-state index is -1.27. The zero-order valence-corrected chi connectivity index (χ0v) is 9.88. The van der Waals surface area contributed by atoms with Crippen LogP contribution in [0.15, 0.2) is 12.1 Å². The molecule has 1 aromatic rings. The zero-order valence-electron chi connectivity index (χ0n) is 9.88. The van der Waals surface area contributed by atoms with Crippen LogP contribution in [0.3, 0.4) is 0 Å². The number of carbonyl (C=O) groups is 2. The van der Waals surface area contributed by atoms with E-state index in [1.807, 2.05) is 0 Å². The van der Waals surface area contributed by atoms with Crippen LogP contribution in [-0.4, -0.2) is 36.3 Å². The highest BCUT2D eigenvalue weighted by Gasteiger charge is 2.26. The molecule has 1 aromatic carbocycles. The Kier molecular flexibility index (Phi) is 3.73. The fourth-order valence-corrected chi connectivity index (χ4v) is 1.88. The lowest BCUT2D eigenvalue weighted by molar-refractivity contribution is -0.121. The van der Waals surface area contributed by atoms with Crippen molar-refractivity contribution in [3.05, 3.63) is 35.1 Å². The highest BCUT2D eigenvalue weighted by atomic mass is 19.1. The number of rotatable bonds is 1. The average Bonchev–Trinajstić information content (AvgIpc) is 2.52. The van der Waals surface area contributed by atoms with Crippen LogP contribution < -0.4 is 5.32 Å². The SMILES string of the molecule is O=C1CN(C(=O)c2c(F)cc(F)cc2F)CCCN1. The fourth-order valence-electron chi connectivity index (χ4n) is 1.88. The number of halogens is 3. The van der Waals surface area contributed by atoms with Gasteiger partial charge >= 0.3 is 0 Å². The van der Waals surface area contributed by atoms with Crippen LogP contribution in [0.2, 0.25) is 0 Å². The maximum atomic E-state index is 13.5. The van der Waals surface area contributed by atoms with Gasteiger partial charge in [0.2, 0.25) is 5.91 Å². The van der Waals surface area contributed by atoms with Crippen molar-refractivity contribution < 1.29 is 22.8 Å². The average molecular weight is 272 g/mol. The molecule has 0 radical (unpaired) electrons. The van der Waals surface area contributed by atoms with E-state index in [0.717, 1.165) is 4.90 Å². The van der Waals surface area contributed by atoms with E-state index in [4.69, 9.17) is 0 Å². The van der Waals surface area contributed by atoms with E-state index in [1.54, 1.807) is 0 Å². The van der Waals surface area contributed by atoms with E-state index in [1.165, 1.54) is 0 Å². The van der Waals surface area contributed by atoms with Gasteiger partial charge in [-0.1, -0.05) is 0 Å². The van der Waals surface area contributed by atoms with Gasteiger partial charge in [0.1, 0.15) is 23.0 Å². The van der Waals surface area contributed by atoms with Crippen LogP contribution in [0.25, 0.3) is 0 Å². The van der Waals surface area contributed by atoms with Crippen LogP contribution in [0, 0.1) is 17.5 Å². The first kappa shape index (κ1) is 13.4. The predicted octanol–water partition coefficient (Wildman–Crippen LogP) is 1.07. The number of nitrogens with one attached hydrogen (secondary N) is 1. The lowest BCUT2D eigenvalue weighted by atomic mass is 10.1. The summed E-state index contributed by atoms with van der Waals surface area (Å²) in [7, 11) is 0. The maximum absolute atomic E-state index is 13.5. The van der Waals surface area contributed by atoms with E-state index in [0.29, 0.717) is 25.1 Å². The van der Waals surface area contributed by atoms with Crippen molar-refractivity contribution >= 4 is 11.8 Å². The van der Waals surface area contributed by atoms with Crippen molar-refractivity contribution in [3.8, 4) is 0 Å². The molecule has 0 aromatic heterocycles. The van der Waals surface area contributed by atoms with Crippen molar-refractivity contribution in [2.24, 2.45) is 0 Å². The second kappa shape index (κ2) is 5.29. The molecule has 1 aliphatic heterocycles. The van der Waals surface area contributed by atoms with E-state index in [9.17, 15) is 22.8 Å². The van der Waals surface area contributed by atoms with Gasteiger partial charge in [0, 0.05) is 25.2 Å². The normalized spacial score (nSPS) is 15.9. The van der Waals surface area contributed by atoms with Crippen molar-refractivity contribution in [2.75, 3.05) is 19.6 Å². The molecule has 0 aliphatic carbocycles. The van der Waals surface area contributed by atoms with Crippen LogP contribution in [0.5, 0.6) is 0 Å². The molecule has 0 atom stereocenters. The first-order valence-corrected chi connectivity index (χ1v) is 5.69. The van der Waals surface area contributed by atoms with Crippen LogP contribution in [0.4, 0.5) is 13.2 Å². The first-order valence-electron chi connectivity index (χ1n) is 5.69. The van der Waals surface area contributed by atoms with Crippen molar-refractivity contribution in [1.29, 1.82) is 0 Å². The van der Waals surface area contributed by atoms with Crippen molar-refractivity contribution in [1.82, 2.24) is 10.2 Å². The largest absolute Gasteiger partial charge is 0.354 e. The molecule has 0 unspecified atom stereocenters. The number of benzene rings is 1. The fraction of sp³-hybridized carbons (Fsp3) is 0.333. The van der Waals surface area contributed by atoms with Gasteiger partial charge in [-0.05, 0) is 6.42 Å². The highest BCUT2D eigenvalue weighted by molar-refractivity contribution is 5.97. The number of hydrogen-bond acceptors (Lipinski definition) is 2. The standard InChI is InChI=1S/C12H11F3N2O2/c13-7-4-8(14)11(9(15)5-7)12(19)17-3-1-2-16-10(18)6-17/h4-5H,1-3,6H2,(H,16,18). The molecule has 0 saturated carbocycles. The maximum Gasteiger partial charge on any atom is 0.260 e. The third kappa shape index (κ3) is 2.86. The molecule has 102 valence electrons. The summed E-state index contributed by atoms with van der Waals surface area (Å²) < 4.78 is 39.7. The Balaban J connectivity index is 2.31. The first-order chi connectivity index (χ1) is 8.99. The van der Waals surface area contributed by atoms with Gasteiger partial charge in [-0.15, -0.1) is 0 Å². The monoisotopic (exact) mass is 272 g/mol. The zero-order chi connectivity index (χ0) is 14.0. The Labute approximate surface area is 107 Å². The van der Waals surface area contributed by atoms with Crippen molar-refractivity contribution in [3.63, 3.8) is 0 Å². The molecule has 1 saturated heterocycles. The van der Waals surface area contributed by atoms with Gasteiger partial charge in [0.05, 0.1) is 6.54 Å². The van der Waals surface area contributed by atoms with E-state index >= 15 is 0 Å².